The lowest BCUT2D eigenvalue weighted by molar-refractivity contribution is -0.385. The molecule has 1 heterocycles. The van der Waals surface area contributed by atoms with E-state index in [-0.39, 0.29) is 5.69 Å². The summed E-state index contributed by atoms with van der Waals surface area (Å²) in [6.45, 7) is 2.26. The second kappa shape index (κ2) is 5.52. The summed E-state index contributed by atoms with van der Waals surface area (Å²) < 4.78 is 0. The van der Waals surface area contributed by atoms with Crippen LogP contribution in [0.25, 0.3) is 0 Å². The van der Waals surface area contributed by atoms with Crippen LogP contribution in [0, 0.1) is 16.0 Å². The third-order valence-electron chi connectivity index (χ3n) is 3.39. The standard InChI is InChI=1S/C12H16ClN3O2/c1-8-2-4-9(5-3-8)15-12-11(13)6-10(7-14-12)16(17)18/h6-9H,2-5H2,1H3,(H,14,15). The maximum Gasteiger partial charge on any atom is 0.289 e. The number of halogens is 1. The zero-order chi connectivity index (χ0) is 13.1. The van der Waals surface area contributed by atoms with Gasteiger partial charge in [-0.15, -0.1) is 0 Å². The molecule has 1 aromatic heterocycles. The second-order valence-corrected chi connectivity index (χ2v) is 5.29. The molecule has 6 heteroatoms. The largest absolute Gasteiger partial charge is 0.366 e. The van der Waals surface area contributed by atoms with E-state index >= 15 is 0 Å². The van der Waals surface area contributed by atoms with Gasteiger partial charge in [-0.05, 0) is 31.6 Å². The highest BCUT2D eigenvalue weighted by atomic mass is 35.5. The lowest BCUT2D eigenvalue weighted by atomic mass is 9.87. The van der Waals surface area contributed by atoms with E-state index in [1.165, 1.54) is 25.1 Å². The Bertz CT molecular complexity index is 445. The van der Waals surface area contributed by atoms with Gasteiger partial charge in [0.05, 0.1) is 9.95 Å². The molecule has 0 aliphatic heterocycles. The van der Waals surface area contributed by atoms with E-state index in [4.69, 9.17) is 11.6 Å². The van der Waals surface area contributed by atoms with Gasteiger partial charge in [0.25, 0.3) is 5.69 Å². The molecule has 0 amide bonds. The van der Waals surface area contributed by atoms with Gasteiger partial charge in [-0.3, -0.25) is 10.1 Å². The minimum atomic E-state index is -0.495. The molecule has 2 rings (SSSR count). The topological polar surface area (TPSA) is 68.1 Å². The van der Waals surface area contributed by atoms with Crippen molar-refractivity contribution in [2.45, 2.75) is 38.6 Å². The summed E-state index contributed by atoms with van der Waals surface area (Å²) in [5.74, 6) is 1.32. The summed E-state index contributed by atoms with van der Waals surface area (Å²) in [5.41, 5.74) is -0.0807. The number of anilines is 1. The highest BCUT2D eigenvalue weighted by Gasteiger charge is 2.20. The molecule has 1 fully saturated rings. The normalized spacial score (nSPS) is 23.7. The van der Waals surface area contributed by atoms with E-state index in [9.17, 15) is 10.1 Å². The lowest BCUT2D eigenvalue weighted by Crippen LogP contribution is -2.25. The summed E-state index contributed by atoms with van der Waals surface area (Å²) in [5, 5.41) is 14.2. The Balaban J connectivity index is 2.03. The van der Waals surface area contributed by atoms with Crippen LogP contribution in [0.1, 0.15) is 32.6 Å². The van der Waals surface area contributed by atoms with Gasteiger partial charge in [0.15, 0.2) is 0 Å². The molecule has 18 heavy (non-hydrogen) atoms. The van der Waals surface area contributed by atoms with Crippen LogP contribution in [-0.4, -0.2) is 15.9 Å². The first-order chi connectivity index (χ1) is 8.56. The highest BCUT2D eigenvalue weighted by Crippen LogP contribution is 2.29. The van der Waals surface area contributed by atoms with Crippen molar-refractivity contribution in [1.82, 2.24) is 4.98 Å². The molecule has 5 nitrogen and oxygen atoms in total. The van der Waals surface area contributed by atoms with Gasteiger partial charge < -0.3 is 5.32 Å². The SMILES string of the molecule is CC1CCC(Nc2ncc([N+](=O)[O-])cc2Cl)CC1. The number of pyridine rings is 1. The number of aromatic nitrogens is 1. The molecular formula is C12H16ClN3O2. The minimum Gasteiger partial charge on any atom is -0.366 e. The predicted octanol–water partition coefficient (Wildman–Crippen LogP) is 3.63. The molecule has 0 radical (unpaired) electrons. The number of hydrogen-bond donors (Lipinski definition) is 1. The molecule has 0 unspecified atom stereocenters. The summed E-state index contributed by atoms with van der Waals surface area (Å²) in [7, 11) is 0. The molecule has 0 bridgehead atoms. The molecular weight excluding hydrogens is 254 g/mol. The highest BCUT2D eigenvalue weighted by molar-refractivity contribution is 6.33. The van der Waals surface area contributed by atoms with Crippen molar-refractivity contribution in [1.29, 1.82) is 0 Å². The van der Waals surface area contributed by atoms with E-state index in [1.54, 1.807) is 0 Å². The quantitative estimate of drug-likeness (QED) is 0.672. The van der Waals surface area contributed by atoms with Crippen molar-refractivity contribution in [2.75, 3.05) is 5.32 Å². The van der Waals surface area contributed by atoms with Crippen LogP contribution in [0.3, 0.4) is 0 Å². The maximum atomic E-state index is 10.6. The fraction of sp³-hybridized carbons (Fsp3) is 0.583. The lowest BCUT2D eigenvalue weighted by Gasteiger charge is -2.27. The molecule has 0 spiro atoms. The van der Waals surface area contributed by atoms with E-state index in [0.29, 0.717) is 16.9 Å². The van der Waals surface area contributed by atoms with Crippen LogP contribution >= 0.6 is 11.6 Å². The number of nitrogens with one attached hydrogen (secondary N) is 1. The molecule has 0 saturated heterocycles. The molecule has 1 saturated carbocycles. The molecule has 1 aliphatic rings. The summed E-state index contributed by atoms with van der Waals surface area (Å²) >= 11 is 5.99. The fourth-order valence-corrected chi connectivity index (χ4v) is 2.45. The molecule has 0 aromatic carbocycles. The van der Waals surface area contributed by atoms with E-state index in [1.807, 2.05) is 0 Å². The number of nitrogens with zero attached hydrogens (tertiary/aromatic N) is 2. The van der Waals surface area contributed by atoms with Crippen molar-refractivity contribution in [3.05, 3.63) is 27.4 Å². The Morgan fingerprint density at radius 3 is 2.67 bits per heavy atom. The first-order valence-electron chi connectivity index (χ1n) is 6.12. The number of rotatable bonds is 3. The third-order valence-corrected chi connectivity index (χ3v) is 3.68. The summed E-state index contributed by atoms with van der Waals surface area (Å²) in [6, 6.07) is 1.70. The van der Waals surface area contributed by atoms with Gasteiger partial charge in [-0.2, -0.15) is 0 Å². The molecule has 98 valence electrons. The van der Waals surface area contributed by atoms with Crippen LogP contribution in [-0.2, 0) is 0 Å². The number of nitro groups is 1. The summed E-state index contributed by atoms with van der Waals surface area (Å²) in [6.07, 6.45) is 5.82. The van der Waals surface area contributed by atoms with Gasteiger partial charge >= 0.3 is 0 Å². The van der Waals surface area contributed by atoms with Gasteiger partial charge in [0.1, 0.15) is 12.0 Å². The van der Waals surface area contributed by atoms with Gasteiger partial charge in [-0.25, -0.2) is 4.98 Å². The van der Waals surface area contributed by atoms with Gasteiger partial charge in [0.2, 0.25) is 0 Å². The Labute approximate surface area is 111 Å². The Kier molecular flexibility index (Phi) is 4.01. The van der Waals surface area contributed by atoms with Crippen molar-refractivity contribution in [2.24, 2.45) is 5.92 Å². The van der Waals surface area contributed by atoms with E-state index in [0.717, 1.165) is 18.8 Å². The van der Waals surface area contributed by atoms with Crippen LogP contribution in [0.5, 0.6) is 0 Å². The number of hydrogen-bond acceptors (Lipinski definition) is 4. The van der Waals surface area contributed by atoms with Crippen molar-refractivity contribution in [3.8, 4) is 0 Å². The van der Waals surface area contributed by atoms with Gasteiger partial charge in [-0.1, -0.05) is 18.5 Å². The Hall–Kier alpha value is -1.36. The van der Waals surface area contributed by atoms with E-state index in [2.05, 4.69) is 17.2 Å². The second-order valence-electron chi connectivity index (χ2n) is 4.88. The van der Waals surface area contributed by atoms with Crippen LogP contribution in [0.2, 0.25) is 5.02 Å². The van der Waals surface area contributed by atoms with Gasteiger partial charge in [0, 0.05) is 12.1 Å². The third kappa shape index (κ3) is 3.10. The predicted molar refractivity (Wildman–Crippen MR) is 70.9 cm³/mol. The van der Waals surface area contributed by atoms with Crippen LogP contribution in [0.4, 0.5) is 11.5 Å². The first kappa shape index (κ1) is 13.1. The average Bonchev–Trinajstić information content (AvgIpc) is 2.34. The summed E-state index contributed by atoms with van der Waals surface area (Å²) in [4.78, 5) is 14.1. The monoisotopic (exact) mass is 269 g/mol. The fourth-order valence-electron chi connectivity index (χ4n) is 2.23. The Morgan fingerprint density at radius 2 is 2.11 bits per heavy atom. The smallest absolute Gasteiger partial charge is 0.289 e. The molecule has 1 N–H and O–H groups in total. The van der Waals surface area contributed by atoms with Crippen molar-refractivity contribution in [3.63, 3.8) is 0 Å². The van der Waals surface area contributed by atoms with E-state index < -0.39 is 4.92 Å². The van der Waals surface area contributed by atoms with Crippen molar-refractivity contribution < 1.29 is 4.92 Å². The molecule has 1 aromatic rings. The average molecular weight is 270 g/mol. The first-order valence-corrected chi connectivity index (χ1v) is 6.50. The zero-order valence-electron chi connectivity index (χ0n) is 10.2. The minimum absolute atomic E-state index is 0.0807. The molecule has 0 atom stereocenters. The van der Waals surface area contributed by atoms with Crippen LogP contribution in [0.15, 0.2) is 12.3 Å². The zero-order valence-corrected chi connectivity index (χ0v) is 11.0. The molecule has 1 aliphatic carbocycles. The maximum absolute atomic E-state index is 10.6. The Morgan fingerprint density at radius 1 is 1.44 bits per heavy atom. The van der Waals surface area contributed by atoms with Crippen molar-refractivity contribution >= 4 is 23.1 Å². The van der Waals surface area contributed by atoms with Crippen LogP contribution < -0.4 is 5.32 Å².